The number of nitrogens with zero attached hydrogens (tertiary/aromatic N) is 1. The van der Waals surface area contributed by atoms with E-state index in [0.717, 1.165) is 24.6 Å². The summed E-state index contributed by atoms with van der Waals surface area (Å²) in [6.07, 6.45) is 10.7. The highest BCUT2D eigenvalue weighted by atomic mass is 16.5. The van der Waals surface area contributed by atoms with Crippen molar-refractivity contribution in [2.24, 2.45) is 0 Å². The maximum absolute atomic E-state index is 5.43. The molecule has 0 aliphatic carbocycles. The minimum atomic E-state index is 0.896. The van der Waals surface area contributed by atoms with E-state index in [2.05, 4.69) is 42.2 Å². The van der Waals surface area contributed by atoms with Crippen molar-refractivity contribution in [1.82, 2.24) is 0 Å². The van der Waals surface area contributed by atoms with Crippen LogP contribution >= 0.6 is 0 Å². The average molecular weight is 384 g/mol. The molecule has 2 aromatic rings. The number of benzene rings is 2. The van der Waals surface area contributed by atoms with Gasteiger partial charge in [0.1, 0.15) is 11.5 Å². The predicted molar refractivity (Wildman–Crippen MR) is 120 cm³/mol. The van der Waals surface area contributed by atoms with Crippen molar-refractivity contribution in [3.05, 3.63) is 54.1 Å². The Morgan fingerprint density at radius 2 is 1.36 bits per heavy atom. The molecule has 0 atom stereocenters. The van der Waals surface area contributed by atoms with E-state index in [-0.39, 0.29) is 0 Å². The predicted octanol–water partition coefficient (Wildman–Crippen LogP) is 6.85. The molecular formula is C25H37NO2. The monoisotopic (exact) mass is 383 g/mol. The highest BCUT2D eigenvalue weighted by molar-refractivity contribution is 5.51. The van der Waals surface area contributed by atoms with Gasteiger partial charge in [0.25, 0.3) is 0 Å². The summed E-state index contributed by atoms with van der Waals surface area (Å²) in [4.78, 5) is 2.46. The quantitative estimate of drug-likeness (QED) is 0.333. The van der Waals surface area contributed by atoms with Crippen molar-refractivity contribution in [1.29, 1.82) is 0 Å². The van der Waals surface area contributed by atoms with Gasteiger partial charge in [-0.25, -0.2) is 0 Å². The molecular weight excluding hydrogens is 346 g/mol. The lowest BCUT2D eigenvalue weighted by molar-refractivity contribution is 0.414. The molecule has 0 fully saturated rings. The lowest BCUT2D eigenvalue weighted by Crippen LogP contribution is -2.24. The Hall–Kier alpha value is -2.16. The molecule has 0 radical (unpaired) electrons. The maximum Gasteiger partial charge on any atom is 0.120 e. The molecule has 0 saturated heterocycles. The first kappa shape index (κ1) is 22.1. The van der Waals surface area contributed by atoms with Crippen LogP contribution in [0.25, 0.3) is 0 Å². The summed E-state index contributed by atoms with van der Waals surface area (Å²) in [6, 6.07) is 16.8. The summed E-state index contributed by atoms with van der Waals surface area (Å²) < 4.78 is 10.7. The molecule has 0 amide bonds. The Morgan fingerprint density at radius 3 is 2.00 bits per heavy atom. The van der Waals surface area contributed by atoms with Crippen molar-refractivity contribution in [2.45, 2.75) is 64.8 Å². The Bertz CT molecular complexity index is 654. The van der Waals surface area contributed by atoms with Crippen LogP contribution in [0.4, 0.5) is 5.69 Å². The number of hydrogen-bond donors (Lipinski definition) is 0. The zero-order chi connectivity index (χ0) is 20.0. The fraction of sp³-hybridized carbons (Fsp3) is 0.520. The number of unbranched alkanes of at least 4 members (excludes halogenated alkanes) is 7. The van der Waals surface area contributed by atoms with Crippen LogP contribution in [0.15, 0.2) is 48.5 Å². The molecule has 28 heavy (non-hydrogen) atoms. The van der Waals surface area contributed by atoms with Crippen molar-refractivity contribution >= 4 is 5.69 Å². The summed E-state index contributed by atoms with van der Waals surface area (Å²) in [5.74, 6) is 1.81. The van der Waals surface area contributed by atoms with Gasteiger partial charge in [-0.3, -0.25) is 0 Å². The lowest BCUT2D eigenvalue weighted by atomic mass is 10.1. The van der Waals surface area contributed by atoms with Crippen molar-refractivity contribution in [3.63, 3.8) is 0 Å². The van der Waals surface area contributed by atoms with E-state index in [9.17, 15) is 0 Å². The van der Waals surface area contributed by atoms with E-state index >= 15 is 0 Å². The summed E-state index contributed by atoms with van der Waals surface area (Å²) in [5, 5.41) is 0. The first-order chi connectivity index (χ1) is 13.8. The van der Waals surface area contributed by atoms with Crippen molar-refractivity contribution in [3.8, 4) is 11.5 Å². The third kappa shape index (κ3) is 7.84. The molecule has 0 spiro atoms. The minimum absolute atomic E-state index is 0.896. The van der Waals surface area contributed by atoms with Gasteiger partial charge in [-0.2, -0.15) is 0 Å². The van der Waals surface area contributed by atoms with Gasteiger partial charge in [0.15, 0.2) is 0 Å². The van der Waals surface area contributed by atoms with Gasteiger partial charge >= 0.3 is 0 Å². The van der Waals surface area contributed by atoms with Crippen LogP contribution in [0.1, 0.15) is 63.9 Å². The molecule has 0 N–H and O–H groups in total. The second-order valence-corrected chi connectivity index (χ2v) is 7.45. The third-order valence-electron chi connectivity index (χ3n) is 5.23. The van der Waals surface area contributed by atoms with Gasteiger partial charge in [-0.1, -0.05) is 70.1 Å². The molecule has 0 bridgehead atoms. The van der Waals surface area contributed by atoms with Gasteiger partial charge in [0.2, 0.25) is 0 Å². The summed E-state index contributed by atoms with van der Waals surface area (Å²) in [7, 11) is 3.44. The number of ether oxygens (including phenoxy) is 2. The van der Waals surface area contributed by atoms with Crippen LogP contribution < -0.4 is 14.4 Å². The van der Waals surface area contributed by atoms with E-state index < -0.39 is 0 Å². The standard InChI is InChI=1S/C25H37NO2/c1-4-5-6-7-8-9-10-11-19-26(23-13-12-14-25(20-23)28-3)21-22-15-17-24(27-2)18-16-22/h12-18,20H,4-11,19,21H2,1-3H3. The fourth-order valence-electron chi connectivity index (χ4n) is 3.49. The molecule has 0 unspecified atom stereocenters. The highest BCUT2D eigenvalue weighted by Gasteiger charge is 2.09. The molecule has 0 aliphatic heterocycles. The molecule has 2 aromatic carbocycles. The molecule has 3 heteroatoms. The van der Waals surface area contributed by atoms with Crippen LogP contribution in [0, 0.1) is 0 Å². The van der Waals surface area contributed by atoms with E-state index in [1.165, 1.54) is 62.6 Å². The molecule has 0 saturated carbocycles. The smallest absolute Gasteiger partial charge is 0.120 e. The largest absolute Gasteiger partial charge is 0.497 e. The van der Waals surface area contributed by atoms with Gasteiger partial charge in [-0.05, 0) is 36.2 Å². The number of rotatable bonds is 14. The Balaban J connectivity index is 1.92. The number of anilines is 1. The van der Waals surface area contributed by atoms with Crippen LogP contribution in [0.2, 0.25) is 0 Å². The van der Waals surface area contributed by atoms with E-state index in [0.29, 0.717) is 0 Å². The van der Waals surface area contributed by atoms with Crippen LogP contribution in [0.3, 0.4) is 0 Å². The first-order valence-corrected chi connectivity index (χ1v) is 10.8. The van der Waals surface area contributed by atoms with Gasteiger partial charge in [0, 0.05) is 24.8 Å². The zero-order valence-electron chi connectivity index (χ0n) is 18.0. The lowest BCUT2D eigenvalue weighted by Gasteiger charge is -2.25. The Kier molecular flexibility index (Phi) is 10.3. The maximum atomic E-state index is 5.43. The van der Waals surface area contributed by atoms with Crippen LogP contribution in [-0.4, -0.2) is 20.8 Å². The Labute approximate surface area is 171 Å². The van der Waals surface area contributed by atoms with E-state index in [1.54, 1.807) is 14.2 Å². The van der Waals surface area contributed by atoms with E-state index in [4.69, 9.17) is 9.47 Å². The summed E-state index contributed by atoms with van der Waals surface area (Å²) in [6.45, 7) is 4.23. The topological polar surface area (TPSA) is 21.7 Å². The average Bonchev–Trinajstić information content (AvgIpc) is 2.75. The van der Waals surface area contributed by atoms with Gasteiger partial charge in [-0.15, -0.1) is 0 Å². The SMILES string of the molecule is CCCCCCCCCCN(Cc1ccc(OC)cc1)c1cccc(OC)c1. The third-order valence-corrected chi connectivity index (χ3v) is 5.23. The van der Waals surface area contributed by atoms with Crippen LogP contribution in [0.5, 0.6) is 11.5 Å². The first-order valence-electron chi connectivity index (χ1n) is 10.8. The second kappa shape index (κ2) is 13.1. The molecule has 154 valence electrons. The normalized spacial score (nSPS) is 10.7. The fourth-order valence-corrected chi connectivity index (χ4v) is 3.49. The van der Waals surface area contributed by atoms with E-state index in [1.807, 2.05) is 18.2 Å². The minimum Gasteiger partial charge on any atom is -0.497 e. The molecule has 3 nitrogen and oxygen atoms in total. The van der Waals surface area contributed by atoms with Crippen LogP contribution in [-0.2, 0) is 6.54 Å². The number of methoxy groups -OCH3 is 2. The van der Waals surface area contributed by atoms with Gasteiger partial charge < -0.3 is 14.4 Å². The summed E-state index contributed by atoms with van der Waals surface area (Å²) >= 11 is 0. The highest BCUT2D eigenvalue weighted by Crippen LogP contribution is 2.24. The molecule has 0 aliphatic rings. The van der Waals surface area contributed by atoms with Crippen molar-refractivity contribution in [2.75, 3.05) is 25.7 Å². The molecule has 0 aromatic heterocycles. The number of hydrogen-bond acceptors (Lipinski definition) is 3. The zero-order valence-corrected chi connectivity index (χ0v) is 18.0. The molecule has 0 heterocycles. The Morgan fingerprint density at radius 1 is 0.714 bits per heavy atom. The van der Waals surface area contributed by atoms with Crippen molar-refractivity contribution < 1.29 is 9.47 Å². The molecule has 2 rings (SSSR count). The van der Waals surface area contributed by atoms with Gasteiger partial charge in [0.05, 0.1) is 14.2 Å². The summed E-state index contributed by atoms with van der Waals surface area (Å²) in [5.41, 5.74) is 2.52. The second-order valence-electron chi connectivity index (χ2n) is 7.45.